The molecule has 0 aliphatic heterocycles. The monoisotopic (exact) mass is 258 g/mol. The fraction of sp³-hybridized carbons (Fsp3) is 0.300. The molecule has 17 heavy (non-hydrogen) atoms. The summed E-state index contributed by atoms with van der Waals surface area (Å²) >= 11 is -2.63. The van der Waals surface area contributed by atoms with E-state index in [2.05, 4.69) is 9.02 Å². The van der Waals surface area contributed by atoms with Gasteiger partial charge in [0.15, 0.2) is 0 Å². The third-order valence-electron chi connectivity index (χ3n) is 2.02. The summed E-state index contributed by atoms with van der Waals surface area (Å²) in [5.74, 6) is -0.363. The minimum absolute atomic E-state index is 0.124. The van der Waals surface area contributed by atoms with Crippen LogP contribution in [0.2, 0.25) is 0 Å². The SMILES string of the molecule is COC(=O)Cc1cccc(N(C)OS(=O)[O-])c1. The number of anilines is 1. The van der Waals surface area contributed by atoms with E-state index in [4.69, 9.17) is 0 Å². The average Bonchev–Trinajstić information content (AvgIpc) is 2.28. The van der Waals surface area contributed by atoms with E-state index in [1.165, 1.54) is 14.2 Å². The van der Waals surface area contributed by atoms with Gasteiger partial charge in [-0.15, -0.1) is 0 Å². The maximum absolute atomic E-state index is 11.1. The highest BCUT2D eigenvalue weighted by molar-refractivity contribution is 7.74. The molecule has 1 aromatic carbocycles. The van der Waals surface area contributed by atoms with E-state index in [0.717, 1.165) is 5.06 Å². The number of nitrogens with zero attached hydrogens (tertiary/aromatic N) is 1. The van der Waals surface area contributed by atoms with Crippen molar-refractivity contribution in [3.8, 4) is 0 Å². The van der Waals surface area contributed by atoms with Crippen molar-refractivity contribution in [2.45, 2.75) is 6.42 Å². The molecule has 1 atom stereocenters. The molecule has 94 valence electrons. The van der Waals surface area contributed by atoms with Gasteiger partial charge < -0.3 is 9.29 Å². The Morgan fingerprint density at radius 3 is 2.82 bits per heavy atom. The Morgan fingerprint density at radius 2 is 2.24 bits per heavy atom. The van der Waals surface area contributed by atoms with Gasteiger partial charge in [0.05, 0.1) is 19.2 Å². The largest absolute Gasteiger partial charge is 0.748 e. The van der Waals surface area contributed by atoms with Gasteiger partial charge in [-0.25, -0.2) is 9.27 Å². The Morgan fingerprint density at radius 1 is 1.53 bits per heavy atom. The Labute approximate surface area is 102 Å². The molecule has 1 aromatic rings. The van der Waals surface area contributed by atoms with Crippen molar-refractivity contribution in [2.75, 3.05) is 19.2 Å². The highest BCUT2D eigenvalue weighted by atomic mass is 32.2. The molecule has 7 heteroatoms. The molecule has 1 rings (SSSR count). The van der Waals surface area contributed by atoms with Gasteiger partial charge in [-0.3, -0.25) is 4.79 Å². The second kappa shape index (κ2) is 6.33. The lowest BCUT2D eigenvalue weighted by Crippen LogP contribution is -2.19. The highest BCUT2D eigenvalue weighted by Gasteiger charge is 2.06. The molecule has 0 aliphatic carbocycles. The lowest BCUT2D eigenvalue weighted by Gasteiger charge is -2.19. The van der Waals surface area contributed by atoms with Crippen molar-refractivity contribution in [1.29, 1.82) is 0 Å². The van der Waals surface area contributed by atoms with Gasteiger partial charge in [0.2, 0.25) is 0 Å². The fourth-order valence-corrected chi connectivity index (χ4v) is 1.50. The van der Waals surface area contributed by atoms with Crippen molar-refractivity contribution in [3.05, 3.63) is 29.8 Å². The summed E-state index contributed by atoms with van der Waals surface area (Å²) in [4.78, 5) is 11.1. The van der Waals surface area contributed by atoms with Gasteiger partial charge >= 0.3 is 5.97 Å². The number of esters is 1. The maximum Gasteiger partial charge on any atom is 0.309 e. The molecule has 0 radical (unpaired) electrons. The van der Waals surface area contributed by atoms with Gasteiger partial charge in [0.1, 0.15) is 11.4 Å². The zero-order chi connectivity index (χ0) is 12.8. The zero-order valence-corrected chi connectivity index (χ0v) is 10.2. The summed E-state index contributed by atoms with van der Waals surface area (Å²) in [6.45, 7) is 0. The molecule has 0 N–H and O–H groups in total. The number of benzene rings is 1. The predicted molar refractivity (Wildman–Crippen MR) is 60.6 cm³/mol. The van der Waals surface area contributed by atoms with Crippen molar-refractivity contribution in [1.82, 2.24) is 0 Å². The molecule has 0 aromatic heterocycles. The molecule has 0 heterocycles. The van der Waals surface area contributed by atoms with Crippen LogP contribution >= 0.6 is 0 Å². The van der Waals surface area contributed by atoms with Crippen LogP contribution in [0, 0.1) is 0 Å². The summed E-state index contributed by atoms with van der Waals surface area (Å²) in [6.07, 6.45) is 0.124. The van der Waals surface area contributed by atoms with Crippen LogP contribution in [0.15, 0.2) is 24.3 Å². The van der Waals surface area contributed by atoms with E-state index in [-0.39, 0.29) is 12.4 Å². The van der Waals surface area contributed by atoms with Crippen LogP contribution in [0.4, 0.5) is 5.69 Å². The highest BCUT2D eigenvalue weighted by Crippen LogP contribution is 2.16. The van der Waals surface area contributed by atoms with Crippen LogP contribution in [0.25, 0.3) is 0 Å². The minimum Gasteiger partial charge on any atom is -0.748 e. The first kappa shape index (κ1) is 13.6. The normalized spacial score (nSPS) is 11.9. The molecule has 6 nitrogen and oxygen atoms in total. The maximum atomic E-state index is 11.1. The van der Waals surface area contributed by atoms with Crippen molar-refractivity contribution in [3.63, 3.8) is 0 Å². The molecule has 0 fully saturated rings. The van der Waals surface area contributed by atoms with E-state index in [1.807, 2.05) is 0 Å². The van der Waals surface area contributed by atoms with E-state index in [0.29, 0.717) is 11.3 Å². The fourth-order valence-electron chi connectivity index (χ4n) is 1.24. The second-order valence-corrected chi connectivity index (χ2v) is 3.76. The Balaban J connectivity index is 2.78. The van der Waals surface area contributed by atoms with Gasteiger partial charge in [-0.1, -0.05) is 12.1 Å². The molecule has 0 spiro atoms. The van der Waals surface area contributed by atoms with E-state index in [9.17, 15) is 13.6 Å². The zero-order valence-electron chi connectivity index (χ0n) is 9.41. The lowest BCUT2D eigenvalue weighted by molar-refractivity contribution is -0.139. The molecular formula is C10H12NO5S-. The number of carbonyl (C=O) groups excluding carboxylic acids is 1. The average molecular weight is 258 g/mol. The molecule has 0 amide bonds. The van der Waals surface area contributed by atoms with E-state index < -0.39 is 11.4 Å². The van der Waals surface area contributed by atoms with Crippen LogP contribution in [-0.4, -0.2) is 28.9 Å². The number of carbonyl (C=O) groups is 1. The van der Waals surface area contributed by atoms with Crippen LogP contribution < -0.4 is 5.06 Å². The predicted octanol–water partition coefficient (Wildman–Crippen LogP) is 0.564. The summed E-state index contributed by atoms with van der Waals surface area (Å²) in [5.41, 5.74) is 1.23. The number of hydroxylamine groups is 1. The van der Waals surface area contributed by atoms with Gasteiger partial charge in [-0.05, 0) is 17.7 Å². The molecular weight excluding hydrogens is 246 g/mol. The topological polar surface area (TPSA) is 78.9 Å². The number of ether oxygens (including phenoxy) is 1. The molecule has 0 saturated heterocycles. The summed E-state index contributed by atoms with van der Waals surface area (Å²) in [7, 11) is 2.76. The third kappa shape index (κ3) is 4.51. The van der Waals surface area contributed by atoms with Crippen LogP contribution in [0.1, 0.15) is 5.56 Å². The van der Waals surface area contributed by atoms with Gasteiger partial charge in [0, 0.05) is 7.05 Å². The third-order valence-corrected chi connectivity index (χ3v) is 2.37. The van der Waals surface area contributed by atoms with Crippen LogP contribution in [-0.2, 0) is 31.6 Å². The molecule has 1 unspecified atom stereocenters. The number of hydrogen-bond donors (Lipinski definition) is 0. The first-order valence-electron chi connectivity index (χ1n) is 4.70. The van der Waals surface area contributed by atoms with E-state index >= 15 is 0 Å². The Kier molecular flexibility index (Phi) is 5.08. The second-order valence-electron chi connectivity index (χ2n) is 3.20. The van der Waals surface area contributed by atoms with Crippen LogP contribution in [0.3, 0.4) is 0 Å². The number of methoxy groups -OCH3 is 1. The standard InChI is InChI=1S/C10H13NO5S/c1-11(16-17(13)14)9-5-3-4-8(6-9)7-10(12)15-2/h3-6H,7H2,1-2H3,(H,13,14)/p-1. The summed E-state index contributed by atoms with van der Waals surface area (Å²) in [5, 5.41) is 1.09. The molecule has 0 saturated carbocycles. The lowest BCUT2D eigenvalue weighted by atomic mass is 10.1. The smallest absolute Gasteiger partial charge is 0.309 e. The van der Waals surface area contributed by atoms with Crippen molar-refractivity contribution < 1.29 is 22.6 Å². The minimum atomic E-state index is -2.63. The van der Waals surface area contributed by atoms with Crippen LogP contribution in [0.5, 0.6) is 0 Å². The van der Waals surface area contributed by atoms with Gasteiger partial charge in [-0.2, -0.15) is 4.28 Å². The first-order valence-corrected chi connectivity index (χ1v) is 5.70. The van der Waals surface area contributed by atoms with Gasteiger partial charge in [0.25, 0.3) is 0 Å². The Bertz CT molecular complexity index is 423. The van der Waals surface area contributed by atoms with Crippen molar-refractivity contribution >= 4 is 23.0 Å². The summed E-state index contributed by atoms with van der Waals surface area (Å²) in [6, 6.07) is 6.74. The van der Waals surface area contributed by atoms with E-state index in [1.54, 1.807) is 24.3 Å². The Hall–Kier alpha value is -1.44. The molecule has 0 aliphatic rings. The number of hydrogen-bond acceptors (Lipinski definition) is 6. The molecule has 0 bridgehead atoms. The summed E-state index contributed by atoms with van der Waals surface area (Å²) < 4.78 is 29.7. The quantitative estimate of drug-likeness (QED) is 0.436. The van der Waals surface area contributed by atoms with Crippen molar-refractivity contribution in [2.24, 2.45) is 0 Å². The first-order chi connectivity index (χ1) is 8.02. The number of rotatable bonds is 5.